The summed E-state index contributed by atoms with van der Waals surface area (Å²) in [4.78, 5) is 2.60. The van der Waals surface area contributed by atoms with Crippen LogP contribution in [0, 0.1) is 11.7 Å². The first-order valence-electron chi connectivity index (χ1n) is 8.11. The molecule has 0 radical (unpaired) electrons. The summed E-state index contributed by atoms with van der Waals surface area (Å²) in [5, 5.41) is 3.60. The van der Waals surface area contributed by atoms with Crippen molar-refractivity contribution in [2.24, 2.45) is 5.92 Å². The molecule has 3 nitrogen and oxygen atoms in total. The third kappa shape index (κ3) is 2.79. The number of hydrogen-bond acceptors (Lipinski definition) is 3. The van der Waals surface area contributed by atoms with Crippen molar-refractivity contribution in [3.8, 4) is 5.75 Å². The number of hydrogen-bond donors (Lipinski definition) is 1. The molecule has 1 aliphatic carbocycles. The maximum atomic E-state index is 13.3. The van der Waals surface area contributed by atoms with Gasteiger partial charge < -0.3 is 10.1 Å². The molecule has 1 saturated carbocycles. The van der Waals surface area contributed by atoms with Crippen LogP contribution in [0.4, 0.5) is 4.39 Å². The second kappa shape index (κ2) is 5.25. The largest absolute Gasteiger partial charge is 0.488 e. The quantitative estimate of drug-likeness (QED) is 0.923. The van der Waals surface area contributed by atoms with Crippen LogP contribution in [0.2, 0.25) is 0 Å². The molecule has 0 amide bonds. The lowest BCUT2D eigenvalue weighted by Crippen LogP contribution is -2.58. The highest BCUT2D eigenvalue weighted by molar-refractivity contribution is 5.38. The standard InChI is InChI=1S/C17H23FN2O/c1-11-9-20(16(8-19-11)12-2-3-12)10-15-7-13-6-14(18)4-5-17(13)21-15/h4-6,11-12,15-16,19H,2-3,7-10H2,1H3. The van der Waals surface area contributed by atoms with Crippen LogP contribution in [0.3, 0.4) is 0 Å². The second-order valence-corrected chi connectivity index (χ2v) is 6.86. The van der Waals surface area contributed by atoms with Crippen molar-refractivity contribution in [3.63, 3.8) is 0 Å². The molecule has 0 spiro atoms. The number of rotatable bonds is 3. The van der Waals surface area contributed by atoms with E-state index in [2.05, 4.69) is 17.1 Å². The molecule has 1 aromatic rings. The molecule has 4 heteroatoms. The topological polar surface area (TPSA) is 24.5 Å². The Labute approximate surface area is 125 Å². The molecule has 21 heavy (non-hydrogen) atoms. The van der Waals surface area contributed by atoms with Crippen molar-refractivity contribution in [3.05, 3.63) is 29.6 Å². The minimum absolute atomic E-state index is 0.162. The smallest absolute Gasteiger partial charge is 0.123 e. The Morgan fingerprint density at radius 2 is 2.24 bits per heavy atom. The molecule has 1 N–H and O–H groups in total. The van der Waals surface area contributed by atoms with Gasteiger partial charge in [0.1, 0.15) is 17.7 Å². The number of halogens is 1. The third-order valence-corrected chi connectivity index (χ3v) is 5.02. The van der Waals surface area contributed by atoms with Crippen LogP contribution >= 0.6 is 0 Å². The van der Waals surface area contributed by atoms with Gasteiger partial charge in [-0.05, 0) is 43.9 Å². The Hall–Kier alpha value is -1.13. The highest BCUT2D eigenvalue weighted by atomic mass is 19.1. The SMILES string of the molecule is CC1CN(CC2Cc3cc(F)ccc3O2)C(C2CC2)CN1. The summed E-state index contributed by atoms with van der Waals surface area (Å²) in [6.45, 7) is 5.39. The van der Waals surface area contributed by atoms with E-state index in [0.717, 1.165) is 43.3 Å². The van der Waals surface area contributed by atoms with Crippen molar-refractivity contribution in [1.29, 1.82) is 0 Å². The highest BCUT2D eigenvalue weighted by Crippen LogP contribution is 2.37. The third-order valence-electron chi connectivity index (χ3n) is 5.02. The summed E-state index contributed by atoms with van der Waals surface area (Å²) in [6, 6.07) is 6.07. The molecule has 1 saturated heterocycles. The molecular formula is C17H23FN2O. The van der Waals surface area contributed by atoms with E-state index in [4.69, 9.17) is 4.74 Å². The van der Waals surface area contributed by atoms with Crippen molar-refractivity contribution in [1.82, 2.24) is 10.2 Å². The van der Waals surface area contributed by atoms with Crippen LogP contribution in [0.1, 0.15) is 25.3 Å². The van der Waals surface area contributed by atoms with Gasteiger partial charge in [0.05, 0.1) is 0 Å². The molecule has 0 bridgehead atoms. The van der Waals surface area contributed by atoms with Gasteiger partial charge in [-0.15, -0.1) is 0 Å². The van der Waals surface area contributed by atoms with Crippen LogP contribution in [0.25, 0.3) is 0 Å². The van der Waals surface area contributed by atoms with Gasteiger partial charge in [-0.3, -0.25) is 4.90 Å². The average molecular weight is 290 g/mol. The molecule has 3 aliphatic rings. The number of benzene rings is 1. The van der Waals surface area contributed by atoms with Gasteiger partial charge in [-0.2, -0.15) is 0 Å². The van der Waals surface area contributed by atoms with Gasteiger partial charge in [-0.1, -0.05) is 0 Å². The predicted octanol–water partition coefficient (Wildman–Crippen LogP) is 2.20. The average Bonchev–Trinajstić information content (AvgIpc) is 3.20. The van der Waals surface area contributed by atoms with Crippen molar-refractivity contribution < 1.29 is 9.13 Å². The van der Waals surface area contributed by atoms with E-state index in [0.29, 0.717) is 12.1 Å². The van der Waals surface area contributed by atoms with Gasteiger partial charge >= 0.3 is 0 Å². The lowest BCUT2D eigenvalue weighted by Gasteiger charge is -2.40. The summed E-state index contributed by atoms with van der Waals surface area (Å²) in [5.74, 6) is 1.57. The number of piperazine rings is 1. The first kappa shape index (κ1) is 13.5. The van der Waals surface area contributed by atoms with Crippen LogP contribution < -0.4 is 10.1 Å². The summed E-state index contributed by atoms with van der Waals surface area (Å²) in [5.41, 5.74) is 1.02. The Morgan fingerprint density at radius 1 is 1.38 bits per heavy atom. The van der Waals surface area contributed by atoms with E-state index in [1.807, 2.05) is 0 Å². The van der Waals surface area contributed by atoms with Gasteiger partial charge in [0.25, 0.3) is 0 Å². The Morgan fingerprint density at radius 3 is 3.05 bits per heavy atom. The number of nitrogens with one attached hydrogen (secondary N) is 1. The van der Waals surface area contributed by atoms with Gasteiger partial charge in [0.15, 0.2) is 0 Å². The maximum absolute atomic E-state index is 13.3. The van der Waals surface area contributed by atoms with E-state index in [-0.39, 0.29) is 11.9 Å². The molecule has 1 aromatic carbocycles. The first-order chi connectivity index (χ1) is 10.2. The fraction of sp³-hybridized carbons (Fsp3) is 0.647. The van der Waals surface area contributed by atoms with Crippen LogP contribution in [-0.4, -0.2) is 42.7 Å². The Bertz CT molecular complexity index is 532. The van der Waals surface area contributed by atoms with Crippen LogP contribution in [-0.2, 0) is 6.42 Å². The molecule has 0 aromatic heterocycles. The normalized spacial score (nSPS) is 32.8. The lowest BCUT2D eigenvalue weighted by atomic mass is 10.0. The van der Waals surface area contributed by atoms with Crippen LogP contribution in [0.15, 0.2) is 18.2 Å². The Balaban J connectivity index is 1.43. The van der Waals surface area contributed by atoms with Crippen molar-refractivity contribution >= 4 is 0 Å². The molecule has 2 aliphatic heterocycles. The van der Waals surface area contributed by atoms with Crippen molar-refractivity contribution in [2.45, 2.75) is 44.4 Å². The minimum Gasteiger partial charge on any atom is -0.488 e. The maximum Gasteiger partial charge on any atom is 0.123 e. The van der Waals surface area contributed by atoms with E-state index >= 15 is 0 Å². The van der Waals surface area contributed by atoms with E-state index < -0.39 is 0 Å². The van der Waals surface area contributed by atoms with E-state index in [1.165, 1.54) is 18.9 Å². The zero-order valence-corrected chi connectivity index (χ0v) is 12.5. The number of nitrogens with zero attached hydrogens (tertiary/aromatic N) is 1. The van der Waals surface area contributed by atoms with Crippen molar-refractivity contribution in [2.75, 3.05) is 19.6 Å². The predicted molar refractivity (Wildman–Crippen MR) is 80.1 cm³/mol. The molecule has 3 atom stereocenters. The number of fused-ring (bicyclic) bond motifs is 1. The summed E-state index contributed by atoms with van der Waals surface area (Å²) in [6.07, 6.45) is 3.75. The molecular weight excluding hydrogens is 267 g/mol. The van der Waals surface area contributed by atoms with Gasteiger partial charge in [-0.25, -0.2) is 4.39 Å². The lowest BCUT2D eigenvalue weighted by molar-refractivity contribution is 0.0734. The van der Waals surface area contributed by atoms with Gasteiger partial charge in [0, 0.05) is 43.7 Å². The monoisotopic (exact) mass is 290 g/mol. The summed E-state index contributed by atoms with van der Waals surface area (Å²) < 4.78 is 19.3. The molecule has 4 rings (SSSR count). The van der Waals surface area contributed by atoms with Crippen LogP contribution in [0.5, 0.6) is 5.75 Å². The minimum atomic E-state index is -0.162. The highest BCUT2D eigenvalue weighted by Gasteiger charge is 2.39. The molecule has 114 valence electrons. The van der Waals surface area contributed by atoms with E-state index in [9.17, 15) is 4.39 Å². The van der Waals surface area contributed by atoms with Gasteiger partial charge in [0.2, 0.25) is 0 Å². The first-order valence-corrected chi connectivity index (χ1v) is 8.11. The summed E-state index contributed by atoms with van der Waals surface area (Å²) in [7, 11) is 0. The molecule has 2 heterocycles. The Kier molecular flexibility index (Phi) is 3.38. The second-order valence-electron chi connectivity index (χ2n) is 6.86. The molecule has 3 unspecified atom stereocenters. The fourth-order valence-electron chi connectivity index (χ4n) is 3.81. The zero-order valence-electron chi connectivity index (χ0n) is 12.5. The number of ether oxygens (including phenoxy) is 1. The van der Waals surface area contributed by atoms with E-state index in [1.54, 1.807) is 12.1 Å². The summed E-state index contributed by atoms with van der Waals surface area (Å²) >= 11 is 0. The fourth-order valence-corrected chi connectivity index (χ4v) is 3.81. The molecule has 2 fully saturated rings. The zero-order chi connectivity index (χ0) is 14.4.